The van der Waals surface area contributed by atoms with Gasteiger partial charge in [-0.25, -0.2) is 0 Å². The molecule has 5 nitrogen and oxygen atoms in total. The lowest BCUT2D eigenvalue weighted by Crippen LogP contribution is -2.15. The normalized spacial score (nSPS) is 10.4. The van der Waals surface area contributed by atoms with E-state index in [0.717, 1.165) is 18.5 Å². The summed E-state index contributed by atoms with van der Waals surface area (Å²) in [6.07, 6.45) is 4.42. The standard InChI is InChI=1S/C13H20N2O3S/c1-18-13-6-5-11(9-12(13)15(16)17)10-14-7-3-4-8-19-2/h5-6,9,14H,3-4,7-8,10H2,1-2H3. The number of ether oxygens (including phenoxy) is 1. The highest BCUT2D eigenvalue weighted by Crippen LogP contribution is 2.27. The number of nitro groups is 1. The van der Waals surface area contributed by atoms with Crippen LogP contribution in [-0.4, -0.2) is 30.6 Å². The van der Waals surface area contributed by atoms with Crippen molar-refractivity contribution in [2.75, 3.05) is 25.7 Å². The van der Waals surface area contributed by atoms with Crippen LogP contribution >= 0.6 is 11.8 Å². The highest BCUT2D eigenvalue weighted by molar-refractivity contribution is 7.98. The van der Waals surface area contributed by atoms with E-state index in [4.69, 9.17) is 4.74 Å². The Morgan fingerprint density at radius 1 is 1.42 bits per heavy atom. The molecule has 0 radical (unpaired) electrons. The summed E-state index contributed by atoms with van der Waals surface area (Å²) in [5.41, 5.74) is 0.918. The zero-order valence-electron chi connectivity index (χ0n) is 11.3. The highest BCUT2D eigenvalue weighted by Gasteiger charge is 2.14. The number of nitrogens with zero attached hydrogens (tertiary/aromatic N) is 1. The van der Waals surface area contributed by atoms with Gasteiger partial charge in [0.05, 0.1) is 12.0 Å². The summed E-state index contributed by atoms with van der Waals surface area (Å²) < 4.78 is 4.97. The molecule has 0 amide bonds. The molecule has 1 rings (SSSR count). The van der Waals surface area contributed by atoms with Gasteiger partial charge in [0.15, 0.2) is 5.75 Å². The van der Waals surface area contributed by atoms with Gasteiger partial charge in [0, 0.05) is 12.6 Å². The number of hydrogen-bond acceptors (Lipinski definition) is 5. The Bertz CT molecular complexity index is 413. The van der Waals surface area contributed by atoms with E-state index < -0.39 is 4.92 Å². The van der Waals surface area contributed by atoms with Gasteiger partial charge in [-0.1, -0.05) is 6.07 Å². The van der Waals surface area contributed by atoms with Crippen LogP contribution in [0.5, 0.6) is 5.75 Å². The molecule has 1 N–H and O–H groups in total. The molecule has 0 fully saturated rings. The van der Waals surface area contributed by atoms with Crippen LogP contribution < -0.4 is 10.1 Å². The monoisotopic (exact) mass is 284 g/mol. The van der Waals surface area contributed by atoms with Gasteiger partial charge < -0.3 is 10.1 Å². The minimum absolute atomic E-state index is 0.0178. The molecule has 1 aromatic carbocycles. The van der Waals surface area contributed by atoms with Crippen molar-refractivity contribution in [3.63, 3.8) is 0 Å². The van der Waals surface area contributed by atoms with Crippen LogP contribution in [0.25, 0.3) is 0 Å². The largest absolute Gasteiger partial charge is 0.490 e. The van der Waals surface area contributed by atoms with Gasteiger partial charge in [0.2, 0.25) is 0 Å². The number of benzene rings is 1. The summed E-state index contributed by atoms with van der Waals surface area (Å²) in [6.45, 7) is 1.57. The molecule has 0 saturated carbocycles. The Hall–Kier alpha value is -1.27. The Morgan fingerprint density at radius 3 is 2.84 bits per heavy atom. The number of methoxy groups -OCH3 is 1. The van der Waals surface area contributed by atoms with Crippen molar-refractivity contribution in [1.29, 1.82) is 0 Å². The summed E-state index contributed by atoms with van der Waals surface area (Å²) in [6, 6.07) is 5.05. The summed E-state index contributed by atoms with van der Waals surface area (Å²) in [5.74, 6) is 1.48. The molecular formula is C13H20N2O3S. The zero-order valence-corrected chi connectivity index (χ0v) is 12.2. The number of hydrogen-bond donors (Lipinski definition) is 1. The average Bonchev–Trinajstić information content (AvgIpc) is 2.42. The third kappa shape index (κ3) is 5.48. The van der Waals surface area contributed by atoms with E-state index in [1.807, 2.05) is 17.8 Å². The number of nitro benzene ring substituents is 1. The Morgan fingerprint density at radius 2 is 2.21 bits per heavy atom. The first-order valence-electron chi connectivity index (χ1n) is 6.20. The molecule has 0 atom stereocenters. The molecule has 1 aromatic rings. The summed E-state index contributed by atoms with van der Waals surface area (Å²) in [7, 11) is 1.44. The number of rotatable bonds is 9. The first kappa shape index (κ1) is 15.8. The number of nitrogens with one attached hydrogen (secondary N) is 1. The fraction of sp³-hybridized carbons (Fsp3) is 0.538. The van der Waals surface area contributed by atoms with Gasteiger partial charge in [0.25, 0.3) is 0 Å². The van der Waals surface area contributed by atoms with Crippen LogP contribution in [0.2, 0.25) is 0 Å². The molecule has 19 heavy (non-hydrogen) atoms. The second kappa shape index (κ2) is 8.77. The lowest BCUT2D eigenvalue weighted by atomic mass is 10.2. The minimum atomic E-state index is -0.416. The van der Waals surface area contributed by atoms with Crippen LogP contribution in [0.15, 0.2) is 18.2 Å². The molecule has 6 heteroatoms. The fourth-order valence-corrected chi connectivity index (χ4v) is 2.21. The summed E-state index contributed by atoms with van der Waals surface area (Å²) in [4.78, 5) is 10.5. The van der Waals surface area contributed by atoms with Crippen molar-refractivity contribution in [3.05, 3.63) is 33.9 Å². The third-order valence-electron chi connectivity index (χ3n) is 2.72. The molecule has 0 aliphatic rings. The molecular weight excluding hydrogens is 264 g/mol. The van der Waals surface area contributed by atoms with Crippen molar-refractivity contribution in [1.82, 2.24) is 5.32 Å². The maximum absolute atomic E-state index is 10.9. The Kier molecular flexibility index (Phi) is 7.28. The van der Waals surface area contributed by atoms with Crippen molar-refractivity contribution in [2.45, 2.75) is 19.4 Å². The Balaban J connectivity index is 2.46. The second-order valence-corrected chi connectivity index (χ2v) is 5.13. The fourth-order valence-electron chi connectivity index (χ4n) is 1.72. The van der Waals surface area contributed by atoms with Crippen LogP contribution in [0.4, 0.5) is 5.69 Å². The third-order valence-corrected chi connectivity index (χ3v) is 3.42. The smallest absolute Gasteiger partial charge is 0.311 e. The molecule has 0 spiro atoms. The Labute approximate surface area is 117 Å². The van der Waals surface area contributed by atoms with Gasteiger partial charge in [-0.05, 0) is 43.0 Å². The van der Waals surface area contributed by atoms with E-state index in [1.54, 1.807) is 12.1 Å². The summed E-state index contributed by atoms with van der Waals surface area (Å²) in [5, 5.41) is 14.2. The van der Waals surface area contributed by atoms with E-state index >= 15 is 0 Å². The lowest BCUT2D eigenvalue weighted by Gasteiger charge is -2.06. The lowest BCUT2D eigenvalue weighted by molar-refractivity contribution is -0.385. The highest BCUT2D eigenvalue weighted by atomic mass is 32.2. The van der Waals surface area contributed by atoms with E-state index in [0.29, 0.717) is 12.3 Å². The molecule has 0 aliphatic heterocycles. The predicted octanol–water partition coefficient (Wildman–Crippen LogP) is 2.84. The maximum atomic E-state index is 10.9. The van der Waals surface area contributed by atoms with Crippen molar-refractivity contribution < 1.29 is 9.66 Å². The first-order valence-corrected chi connectivity index (χ1v) is 7.59. The number of unbranched alkanes of at least 4 members (excludes halogenated alkanes) is 1. The first-order chi connectivity index (χ1) is 9.19. The predicted molar refractivity (Wildman–Crippen MR) is 79.0 cm³/mol. The van der Waals surface area contributed by atoms with Gasteiger partial charge in [0.1, 0.15) is 0 Å². The molecule has 0 bridgehead atoms. The SMILES string of the molecule is COc1ccc(CNCCCCSC)cc1[N+](=O)[O-]. The molecule has 106 valence electrons. The molecule has 0 unspecified atom stereocenters. The van der Waals surface area contributed by atoms with E-state index in [9.17, 15) is 10.1 Å². The molecule has 0 saturated heterocycles. The van der Waals surface area contributed by atoms with Crippen molar-refractivity contribution >= 4 is 17.4 Å². The molecule has 0 aliphatic carbocycles. The molecule has 0 aromatic heterocycles. The molecule has 0 heterocycles. The van der Waals surface area contributed by atoms with E-state index in [2.05, 4.69) is 11.6 Å². The van der Waals surface area contributed by atoms with Crippen molar-refractivity contribution in [2.24, 2.45) is 0 Å². The van der Waals surface area contributed by atoms with Gasteiger partial charge in [-0.2, -0.15) is 11.8 Å². The second-order valence-electron chi connectivity index (χ2n) is 4.14. The van der Waals surface area contributed by atoms with Crippen molar-refractivity contribution in [3.8, 4) is 5.75 Å². The van der Waals surface area contributed by atoms with Gasteiger partial charge in [-0.3, -0.25) is 10.1 Å². The average molecular weight is 284 g/mol. The maximum Gasteiger partial charge on any atom is 0.311 e. The van der Waals surface area contributed by atoms with Gasteiger partial charge in [-0.15, -0.1) is 0 Å². The van der Waals surface area contributed by atoms with Crippen LogP contribution in [-0.2, 0) is 6.54 Å². The van der Waals surface area contributed by atoms with E-state index in [1.165, 1.54) is 19.3 Å². The van der Waals surface area contributed by atoms with Crippen LogP contribution in [0.3, 0.4) is 0 Å². The van der Waals surface area contributed by atoms with E-state index in [-0.39, 0.29) is 5.69 Å². The zero-order chi connectivity index (χ0) is 14.1. The topological polar surface area (TPSA) is 64.4 Å². The summed E-state index contributed by atoms with van der Waals surface area (Å²) >= 11 is 1.85. The quantitative estimate of drug-likeness (QED) is 0.429. The van der Waals surface area contributed by atoms with Gasteiger partial charge >= 0.3 is 5.69 Å². The van der Waals surface area contributed by atoms with Crippen LogP contribution in [0.1, 0.15) is 18.4 Å². The minimum Gasteiger partial charge on any atom is -0.490 e. The van der Waals surface area contributed by atoms with Crippen LogP contribution in [0, 0.1) is 10.1 Å². The number of thioether (sulfide) groups is 1.